The van der Waals surface area contributed by atoms with Crippen LogP contribution in [0.25, 0.3) is 0 Å². The third kappa shape index (κ3) is 2.85. The molecule has 1 aromatic rings. The van der Waals surface area contributed by atoms with Gasteiger partial charge in [0.25, 0.3) is 0 Å². The molecule has 2 saturated carbocycles. The van der Waals surface area contributed by atoms with E-state index in [1.54, 1.807) is 0 Å². The first-order valence-corrected chi connectivity index (χ1v) is 8.34. The molecule has 2 aliphatic carbocycles. The first-order chi connectivity index (χ1) is 9.80. The van der Waals surface area contributed by atoms with Crippen LogP contribution < -0.4 is 10.6 Å². The standard InChI is InChI=1S/C18H28N2/c1-2-9-20(18-7-4-14(12-19)5-8-18)13-17-11-15-3-6-16(17)10-15/h4-5,7-8,15-17H,2-3,6,9-13,19H2,1H3. The monoisotopic (exact) mass is 272 g/mol. The van der Waals surface area contributed by atoms with Crippen LogP contribution >= 0.6 is 0 Å². The molecule has 1 aromatic carbocycles. The Bertz CT molecular complexity index is 426. The second-order valence-electron chi connectivity index (χ2n) is 6.75. The van der Waals surface area contributed by atoms with Gasteiger partial charge in [-0.05, 0) is 61.1 Å². The van der Waals surface area contributed by atoms with Crippen molar-refractivity contribution < 1.29 is 0 Å². The summed E-state index contributed by atoms with van der Waals surface area (Å²) >= 11 is 0. The summed E-state index contributed by atoms with van der Waals surface area (Å²) in [6, 6.07) is 8.87. The number of hydrogen-bond acceptors (Lipinski definition) is 2. The van der Waals surface area contributed by atoms with Gasteiger partial charge in [-0.2, -0.15) is 0 Å². The van der Waals surface area contributed by atoms with E-state index in [1.165, 1.54) is 56.4 Å². The van der Waals surface area contributed by atoms with Gasteiger partial charge in [-0.15, -0.1) is 0 Å². The second-order valence-corrected chi connectivity index (χ2v) is 6.75. The summed E-state index contributed by atoms with van der Waals surface area (Å²) in [7, 11) is 0. The van der Waals surface area contributed by atoms with Gasteiger partial charge < -0.3 is 10.6 Å². The number of nitrogens with two attached hydrogens (primary N) is 1. The molecule has 0 aromatic heterocycles. The first-order valence-electron chi connectivity index (χ1n) is 8.34. The highest BCUT2D eigenvalue weighted by Crippen LogP contribution is 2.48. The van der Waals surface area contributed by atoms with Crippen molar-refractivity contribution in [2.45, 2.75) is 45.6 Å². The summed E-state index contributed by atoms with van der Waals surface area (Å²) in [6.45, 7) is 5.36. The van der Waals surface area contributed by atoms with Crippen molar-refractivity contribution in [3.8, 4) is 0 Å². The normalized spacial score (nSPS) is 28.0. The Balaban J connectivity index is 1.68. The molecule has 3 rings (SSSR count). The van der Waals surface area contributed by atoms with E-state index in [1.807, 2.05) is 0 Å². The van der Waals surface area contributed by atoms with E-state index < -0.39 is 0 Å². The van der Waals surface area contributed by atoms with Gasteiger partial charge in [0.2, 0.25) is 0 Å². The third-order valence-electron chi connectivity index (χ3n) is 5.37. The van der Waals surface area contributed by atoms with Gasteiger partial charge in [0.15, 0.2) is 0 Å². The highest BCUT2D eigenvalue weighted by atomic mass is 15.1. The Morgan fingerprint density at radius 2 is 1.95 bits per heavy atom. The fourth-order valence-corrected chi connectivity index (χ4v) is 4.32. The maximum absolute atomic E-state index is 5.69. The second kappa shape index (κ2) is 6.17. The molecule has 0 radical (unpaired) electrons. The molecule has 3 atom stereocenters. The van der Waals surface area contributed by atoms with Gasteiger partial charge in [0.1, 0.15) is 0 Å². The molecule has 0 aliphatic heterocycles. The molecular weight excluding hydrogens is 244 g/mol. The highest BCUT2D eigenvalue weighted by molar-refractivity contribution is 5.47. The number of benzene rings is 1. The van der Waals surface area contributed by atoms with Crippen LogP contribution in [0, 0.1) is 17.8 Å². The Labute approximate surface area is 123 Å². The fraction of sp³-hybridized carbons (Fsp3) is 0.667. The molecule has 20 heavy (non-hydrogen) atoms. The van der Waals surface area contributed by atoms with E-state index in [9.17, 15) is 0 Å². The third-order valence-corrected chi connectivity index (χ3v) is 5.37. The predicted octanol–water partition coefficient (Wildman–Crippen LogP) is 3.80. The smallest absolute Gasteiger partial charge is 0.0366 e. The van der Waals surface area contributed by atoms with E-state index in [2.05, 4.69) is 36.1 Å². The minimum atomic E-state index is 0.639. The van der Waals surface area contributed by atoms with Gasteiger partial charge in [0, 0.05) is 25.3 Å². The lowest BCUT2D eigenvalue weighted by Crippen LogP contribution is -2.32. The molecule has 2 nitrogen and oxygen atoms in total. The zero-order valence-corrected chi connectivity index (χ0v) is 12.7. The van der Waals surface area contributed by atoms with Crippen LogP contribution in [0.15, 0.2) is 24.3 Å². The van der Waals surface area contributed by atoms with E-state index in [0.29, 0.717) is 6.54 Å². The summed E-state index contributed by atoms with van der Waals surface area (Å²) < 4.78 is 0. The number of hydrogen-bond donors (Lipinski definition) is 1. The molecule has 0 amide bonds. The van der Waals surface area contributed by atoms with Crippen LogP contribution in [0.2, 0.25) is 0 Å². The van der Waals surface area contributed by atoms with E-state index in [0.717, 1.165) is 17.8 Å². The minimum absolute atomic E-state index is 0.639. The topological polar surface area (TPSA) is 29.3 Å². The van der Waals surface area contributed by atoms with Crippen LogP contribution in [0.1, 0.15) is 44.6 Å². The quantitative estimate of drug-likeness (QED) is 0.853. The molecule has 2 heteroatoms. The molecule has 2 N–H and O–H groups in total. The molecule has 2 aliphatic rings. The van der Waals surface area contributed by atoms with Gasteiger partial charge >= 0.3 is 0 Å². The molecule has 3 unspecified atom stereocenters. The van der Waals surface area contributed by atoms with E-state index in [4.69, 9.17) is 5.73 Å². The Morgan fingerprint density at radius 1 is 1.15 bits per heavy atom. The maximum Gasteiger partial charge on any atom is 0.0366 e. The van der Waals surface area contributed by atoms with Crippen LogP contribution in [-0.4, -0.2) is 13.1 Å². The Morgan fingerprint density at radius 3 is 2.50 bits per heavy atom. The SMILES string of the molecule is CCCN(CC1CC2CCC1C2)c1ccc(CN)cc1. The van der Waals surface area contributed by atoms with Crippen molar-refractivity contribution in [3.63, 3.8) is 0 Å². The molecule has 0 saturated heterocycles. The van der Waals surface area contributed by atoms with Gasteiger partial charge in [-0.25, -0.2) is 0 Å². The lowest BCUT2D eigenvalue weighted by atomic mass is 9.88. The summed E-state index contributed by atoms with van der Waals surface area (Å²) in [5, 5.41) is 0. The molecule has 0 heterocycles. The molecule has 110 valence electrons. The summed E-state index contributed by atoms with van der Waals surface area (Å²) in [5.41, 5.74) is 8.30. The number of rotatable bonds is 6. The average Bonchev–Trinajstić information content (AvgIpc) is 3.09. The minimum Gasteiger partial charge on any atom is -0.371 e. The zero-order chi connectivity index (χ0) is 13.9. The molecule has 2 fully saturated rings. The van der Waals surface area contributed by atoms with Gasteiger partial charge in [0.05, 0.1) is 0 Å². The van der Waals surface area contributed by atoms with E-state index in [-0.39, 0.29) is 0 Å². The van der Waals surface area contributed by atoms with Crippen molar-refractivity contribution in [1.29, 1.82) is 0 Å². The van der Waals surface area contributed by atoms with Crippen LogP contribution in [0.3, 0.4) is 0 Å². The van der Waals surface area contributed by atoms with Crippen LogP contribution in [0.5, 0.6) is 0 Å². The summed E-state index contributed by atoms with van der Waals surface area (Å²) in [6.07, 6.45) is 7.20. The average molecular weight is 272 g/mol. The number of fused-ring (bicyclic) bond motifs is 2. The van der Waals surface area contributed by atoms with E-state index >= 15 is 0 Å². The van der Waals surface area contributed by atoms with Crippen molar-refractivity contribution in [3.05, 3.63) is 29.8 Å². The van der Waals surface area contributed by atoms with Crippen molar-refractivity contribution in [2.75, 3.05) is 18.0 Å². The van der Waals surface area contributed by atoms with Crippen molar-refractivity contribution >= 4 is 5.69 Å². The molecular formula is C18H28N2. The lowest BCUT2D eigenvalue weighted by Gasteiger charge is -2.31. The maximum atomic E-state index is 5.69. The lowest BCUT2D eigenvalue weighted by molar-refractivity contribution is 0.333. The first kappa shape index (κ1) is 13.9. The predicted molar refractivity (Wildman–Crippen MR) is 85.8 cm³/mol. The summed E-state index contributed by atoms with van der Waals surface area (Å²) in [4.78, 5) is 2.60. The largest absolute Gasteiger partial charge is 0.371 e. The van der Waals surface area contributed by atoms with Gasteiger partial charge in [-0.1, -0.05) is 25.5 Å². The molecule has 2 bridgehead atoms. The van der Waals surface area contributed by atoms with Gasteiger partial charge in [-0.3, -0.25) is 0 Å². The Kier molecular flexibility index (Phi) is 4.30. The number of anilines is 1. The highest BCUT2D eigenvalue weighted by Gasteiger charge is 2.39. The van der Waals surface area contributed by atoms with Crippen LogP contribution in [0.4, 0.5) is 5.69 Å². The van der Waals surface area contributed by atoms with Crippen molar-refractivity contribution in [1.82, 2.24) is 0 Å². The summed E-state index contributed by atoms with van der Waals surface area (Å²) in [5.74, 6) is 3.00. The zero-order valence-electron chi connectivity index (χ0n) is 12.7. The molecule has 0 spiro atoms. The van der Waals surface area contributed by atoms with Crippen molar-refractivity contribution in [2.24, 2.45) is 23.5 Å². The Hall–Kier alpha value is -1.02. The number of nitrogens with zero attached hydrogens (tertiary/aromatic N) is 1. The van der Waals surface area contributed by atoms with Crippen LogP contribution in [-0.2, 0) is 6.54 Å². The fourth-order valence-electron chi connectivity index (χ4n) is 4.32.